The molecule has 6 heteroatoms. The molecule has 0 unspecified atom stereocenters. The molecule has 0 aromatic heterocycles. The highest BCUT2D eigenvalue weighted by Crippen LogP contribution is 2.33. The van der Waals surface area contributed by atoms with Gasteiger partial charge in [0, 0.05) is 19.0 Å². The summed E-state index contributed by atoms with van der Waals surface area (Å²) in [4.78, 5) is 28.4. The molecule has 2 aliphatic heterocycles. The molecule has 0 saturated carbocycles. The van der Waals surface area contributed by atoms with Gasteiger partial charge < -0.3 is 14.7 Å². The number of piperidine rings is 1. The van der Waals surface area contributed by atoms with Gasteiger partial charge in [0.2, 0.25) is 5.91 Å². The Labute approximate surface area is 164 Å². The van der Waals surface area contributed by atoms with E-state index in [2.05, 4.69) is 0 Å². The molecular formula is C22H24N2O4. The zero-order valence-corrected chi connectivity index (χ0v) is 15.9. The molecule has 1 saturated heterocycles. The molecule has 0 radical (unpaired) electrons. The Balaban J connectivity index is 1.45. The second-order valence-electron chi connectivity index (χ2n) is 7.45. The molecule has 2 aliphatic rings. The lowest BCUT2D eigenvalue weighted by atomic mass is 9.87. The Hall–Kier alpha value is -2.86. The summed E-state index contributed by atoms with van der Waals surface area (Å²) in [6.45, 7) is 2.67. The topological polar surface area (TPSA) is 70.1 Å². The summed E-state index contributed by atoms with van der Waals surface area (Å²) in [5.41, 5.74) is 2.72. The van der Waals surface area contributed by atoms with Gasteiger partial charge >= 0.3 is 0 Å². The molecule has 2 heterocycles. The van der Waals surface area contributed by atoms with Crippen LogP contribution in [0.4, 0.5) is 5.69 Å². The fourth-order valence-corrected chi connectivity index (χ4v) is 3.97. The van der Waals surface area contributed by atoms with Gasteiger partial charge in [-0.05, 0) is 36.6 Å². The normalized spacial score (nSPS) is 21.9. The van der Waals surface area contributed by atoms with Crippen molar-refractivity contribution in [3.05, 3.63) is 59.7 Å². The molecule has 2 atom stereocenters. The van der Waals surface area contributed by atoms with Crippen LogP contribution in [0.2, 0.25) is 0 Å². The van der Waals surface area contributed by atoms with Crippen molar-refractivity contribution >= 4 is 17.5 Å². The number of ether oxygens (including phenoxy) is 1. The fraction of sp³-hybridized carbons (Fsp3) is 0.364. The molecule has 2 aromatic rings. The number of nitrogens with zero attached hydrogens (tertiary/aromatic N) is 2. The number of hydrogen-bond donors (Lipinski definition) is 1. The number of aryl methyl sites for hydroxylation is 1. The summed E-state index contributed by atoms with van der Waals surface area (Å²) < 4.78 is 5.47. The van der Waals surface area contributed by atoms with Gasteiger partial charge in [0.25, 0.3) is 5.91 Å². The van der Waals surface area contributed by atoms with E-state index in [1.807, 2.05) is 55.5 Å². The highest BCUT2D eigenvalue weighted by molar-refractivity contribution is 6.02. The van der Waals surface area contributed by atoms with Crippen LogP contribution in [0.3, 0.4) is 0 Å². The van der Waals surface area contributed by atoms with Crippen LogP contribution in [0.25, 0.3) is 0 Å². The van der Waals surface area contributed by atoms with Crippen molar-refractivity contribution in [2.24, 2.45) is 0 Å². The van der Waals surface area contributed by atoms with Gasteiger partial charge in [-0.25, -0.2) is 0 Å². The fourth-order valence-electron chi connectivity index (χ4n) is 3.97. The van der Waals surface area contributed by atoms with Gasteiger partial charge in [0.05, 0.1) is 11.8 Å². The highest BCUT2D eigenvalue weighted by atomic mass is 16.5. The third-order valence-electron chi connectivity index (χ3n) is 5.51. The number of rotatable bonds is 3. The Morgan fingerprint density at radius 2 is 2.00 bits per heavy atom. The van der Waals surface area contributed by atoms with E-state index in [0.29, 0.717) is 24.4 Å². The lowest BCUT2D eigenvalue weighted by Crippen LogP contribution is -2.51. The van der Waals surface area contributed by atoms with E-state index in [0.717, 1.165) is 11.1 Å². The number of likely N-dealkylation sites (tertiary alicyclic amines) is 1. The number of β-amino-alcohol motifs (C(OH)–C–C–N with tert-alkyl or cyclic N) is 1. The van der Waals surface area contributed by atoms with E-state index < -0.39 is 6.10 Å². The average Bonchev–Trinajstić information content (AvgIpc) is 2.70. The molecule has 1 fully saturated rings. The molecular weight excluding hydrogens is 356 g/mol. The van der Waals surface area contributed by atoms with E-state index in [1.54, 1.807) is 4.90 Å². The second kappa shape index (κ2) is 7.64. The molecule has 0 aliphatic carbocycles. The number of aliphatic hydroxyl groups is 1. The predicted octanol–water partition coefficient (Wildman–Crippen LogP) is 2.10. The van der Waals surface area contributed by atoms with Crippen LogP contribution in [-0.2, 0) is 9.59 Å². The number of aliphatic hydroxyl groups excluding tert-OH is 1. The van der Waals surface area contributed by atoms with Crippen LogP contribution in [0.15, 0.2) is 48.5 Å². The van der Waals surface area contributed by atoms with Crippen LogP contribution in [0.1, 0.15) is 23.5 Å². The first kappa shape index (κ1) is 18.5. The first-order valence-corrected chi connectivity index (χ1v) is 9.57. The average molecular weight is 380 g/mol. The van der Waals surface area contributed by atoms with Crippen molar-refractivity contribution in [2.45, 2.75) is 25.4 Å². The molecule has 4 rings (SSSR count). The van der Waals surface area contributed by atoms with Crippen LogP contribution < -0.4 is 9.64 Å². The molecule has 1 N–H and O–H groups in total. The van der Waals surface area contributed by atoms with Crippen molar-refractivity contribution in [1.29, 1.82) is 0 Å². The van der Waals surface area contributed by atoms with Crippen LogP contribution >= 0.6 is 0 Å². The number of anilines is 1. The number of amides is 2. The molecule has 0 bridgehead atoms. The third kappa shape index (κ3) is 3.60. The second-order valence-corrected chi connectivity index (χ2v) is 7.45. The lowest BCUT2D eigenvalue weighted by molar-refractivity contribution is -0.135. The van der Waals surface area contributed by atoms with Gasteiger partial charge in [-0.2, -0.15) is 0 Å². The highest BCUT2D eigenvalue weighted by Gasteiger charge is 2.34. The number of benzene rings is 2. The molecule has 2 aromatic carbocycles. The molecule has 6 nitrogen and oxygen atoms in total. The number of carbonyl (C=O) groups excluding carboxylic acids is 2. The first-order chi connectivity index (χ1) is 13.5. The Kier molecular flexibility index (Phi) is 5.05. The number of fused-ring (bicyclic) bond motifs is 1. The predicted molar refractivity (Wildman–Crippen MR) is 105 cm³/mol. The molecule has 0 spiro atoms. The Bertz CT molecular complexity index is 883. The maximum atomic E-state index is 12.9. The minimum Gasteiger partial charge on any atom is -0.482 e. The van der Waals surface area contributed by atoms with Crippen molar-refractivity contribution in [1.82, 2.24) is 4.90 Å². The van der Waals surface area contributed by atoms with Gasteiger partial charge in [-0.1, -0.05) is 36.4 Å². The monoisotopic (exact) mass is 380 g/mol. The van der Waals surface area contributed by atoms with Crippen molar-refractivity contribution < 1.29 is 19.4 Å². The van der Waals surface area contributed by atoms with E-state index in [4.69, 9.17) is 4.74 Å². The van der Waals surface area contributed by atoms with Gasteiger partial charge in [-0.15, -0.1) is 0 Å². The summed E-state index contributed by atoms with van der Waals surface area (Å²) in [6.07, 6.45) is 0.0824. The minimum atomic E-state index is -0.616. The Morgan fingerprint density at radius 1 is 1.21 bits per heavy atom. The van der Waals surface area contributed by atoms with Gasteiger partial charge in [0.15, 0.2) is 6.61 Å². The maximum absolute atomic E-state index is 12.9. The van der Waals surface area contributed by atoms with E-state index in [1.165, 1.54) is 4.90 Å². The van der Waals surface area contributed by atoms with Crippen molar-refractivity contribution in [3.63, 3.8) is 0 Å². The van der Waals surface area contributed by atoms with Gasteiger partial charge in [0.1, 0.15) is 12.3 Å². The van der Waals surface area contributed by atoms with Crippen molar-refractivity contribution in [3.8, 4) is 5.75 Å². The largest absolute Gasteiger partial charge is 0.482 e. The zero-order chi connectivity index (χ0) is 19.7. The number of carbonyl (C=O) groups is 2. The Morgan fingerprint density at radius 3 is 2.75 bits per heavy atom. The maximum Gasteiger partial charge on any atom is 0.265 e. The lowest BCUT2D eigenvalue weighted by Gasteiger charge is -2.37. The summed E-state index contributed by atoms with van der Waals surface area (Å²) >= 11 is 0. The van der Waals surface area contributed by atoms with E-state index in [-0.39, 0.29) is 37.4 Å². The van der Waals surface area contributed by atoms with E-state index >= 15 is 0 Å². The smallest absolute Gasteiger partial charge is 0.265 e. The summed E-state index contributed by atoms with van der Waals surface area (Å²) in [5, 5.41) is 10.6. The molecule has 2 amide bonds. The first-order valence-electron chi connectivity index (χ1n) is 9.57. The zero-order valence-electron chi connectivity index (χ0n) is 15.9. The summed E-state index contributed by atoms with van der Waals surface area (Å²) in [6, 6.07) is 15.5. The van der Waals surface area contributed by atoms with Crippen LogP contribution in [0, 0.1) is 6.92 Å². The standard InChI is InChI=1S/C22H24N2O4/c1-15-7-8-20-18(11-15)24(22(27)14-28-20)13-21(26)23-10-9-17(19(25)12-23)16-5-3-2-4-6-16/h2-8,11,17,19,25H,9-10,12-14H2,1H3/t17-,19+/m0/s1. The summed E-state index contributed by atoms with van der Waals surface area (Å²) in [5.74, 6) is 0.249. The molecule has 146 valence electrons. The molecule has 28 heavy (non-hydrogen) atoms. The van der Waals surface area contributed by atoms with Crippen molar-refractivity contribution in [2.75, 3.05) is 31.1 Å². The minimum absolute atomic E-state index is 0.0265. The number of hydrogen-bond acceptors (Lipinski definition) is 4. The van der Waals surface area contributed by atoms with E-state index in [9.17, 15) is 14.7 Å². The van der Waals surface area contributed by atoms with Crippen LogP contribution in [0.5, 0.6) is 5.75 Å². The summed E-state index contributed by atoms with van der Waals surface area (Å²) in [7, 11) is 0. The quantitative estimate of drug-likeness (QED) is 0.885. The van der Waals surface area contributed by atoms with Gasteiger partial charge in [-0.3, -0.25) is 14.5 Å². The third-order valence-corrected chi connectivity index (χ3v) is 5.51. The van der Waals surface area contributed by atoms with Crippen LogP contribution in [-0.4, -0.2) is 54.2 Å². The SMILES string of the molecule is Cc1ccc2c(c1)N(CC(=O)N1CC[C@@H](c3ccccc3)[C@H](O)C1)C(=O)CO2.